The van der Waals surface area contributed by atoms with Crippen molar-refractivity contribution in [3.05, 3.63) is 59.7 Å². The maximum absolute atomic E-state index is 13.1. The molecule has 3 N–H and O–H groups in total. The number of hydrogen-bond donors (Lipinski definition) is 3. The van der Waals surface area contributed by atoms with E-state index in [2.05, 4.69) is 10.6 Å². The van der Waals surface area contributed by atoms with Crippen molar-refractivity contribution in [1.29, 1.82) is 0 Å². The Labute approximate surface area is 196 Å². The topological polar surface area (TPSA) is 105 Å². The second-order valence-electron chi connectivity index (χ2n) is 8.68. The highest BCUT2D eigenvalue weighted by atomic mass is 19.3. The van der Waals surface area contributed by atoms with Crippen molar-refractivity contribution < 1.29 is 33.0 Å². The smallest absolute Gasteiger partial charge is 0.407 e. The van der Waals surface area contributed by atoms with Crippen LogP contribution in [0, 0.1) is 5.92 Å². The van der Waals surface area contributed by atoms with Crippen LogP contribution in [0.5, 0.6) is 0 Å². The van der Waals surface area contributed by atoms with Crippen molar-refractivity contribution in [1.82, 2.24) is 10.6 Å². The van der Waals surface area contributed by atoms with E-state index in [9.17, 15) is 28.3 Å². The maximum atomic E-state index is 13.1. The highest BCUT2D eigenvalue weighted by molar-refractivity contribution is 5.89. The summed E-state index contributed by atoms with van der Waals surface area (Å²) in [7, 11) is 0. The highest BCUT2D eigenvalue weighted by Gasteiger charge is 2.32. The molecule has 1 unspecified atom stereocenters. The average molecular weight is 475 g/mol. The van der Waals surface area contributed by atoms with E-state index < -0.39 is 42.9 Å². The Morgan fingerprint density at radius 2 is 1.47 bits per heavy atom. The first kappa shape index (κ1) is 25.1. The van der Waals surface area contributed by atoms with Crippen LogP contribution in [0.3, 0.4) is 0 Å². The molecule has 2 atom stereocenters. The van der Waals surface area contributed by atoms with Crippen molar-refractivity contribution >= 4 is 18.0 Å². The number of alkyl halides is 2. The summed E-state index contributed by atoms with van der Waals surface area (Å²) in [5.41, 5.74) is 4.03. The normalized spacial score (nSPS) is 14.3. The third-order valence-corrected chi connectivity index (χ3v) is 5.69. The molecule has 182 valence electrons. The van der Waals surface area contributed by atoms with Gasteiger partial charge in [-0.25, -0.2) is 18.4 Å². The first-order valence-corrected chi connectivity index (χ1v) is 11.1. The van der Waals surface area contributed by atoms with Crippen LogP contribution in [-0.2, 0) is 14.3 Å². The van der Waals surface area contributed by atoms with Gasteiger partial charge in [-0.3, -0.25) is 4.79 Å². The number of benzene rings is 2. The van der Waals surface area contributed by atoms with E-state index in [4.69, 9.17) is 4.74 Å². The van der Waals surface area contributed by atoms with Gasteiger partial charge >= 0.3 is 12.1 Å². The number of carboxylic acid groups (broad SMARTS) is 1. The van der Waals surface area contributed by atoms with Gasteiger partial charge in [-0.15, -0.1) is 0 Å². The molecule has 34 heavy (non-hydrogen) atoms. The predicted molar refractivity (Wildman–Crippen MR) is 122 cm³/mol. The summed E-state index contributed by atoms with van der Waals surface area (Å²) in [5, 5.41) is 13.7. The van der Waals surface area contributed by atoms with E-state index >= 15 is 0 Å². The third kappa shape index (κ3) is 6.09. The van der Waals surface area contributed by atoms with E-state index in [0.29, 0.717) is 0 Å². The molecule has 2 amide bonds. The van der Waals surface area contributed by atoms with Gasteiger partial charge in [0.05, 0.1) is 0 Å². The van der Waals surface area contributed by atoms with Crippen molar-refractivity contribution in [2.45, 2.75) is 51.1 Å². The first-order valence-electron chi connectivity index (χ1n) is 11.1. The number of carbonyl (C=O) groups is 3. The Bertz CT molecular complexity index is 998. The monoisotopic (exact) mass is 474 g/mol. The average Bonchev–Trinajstić information content (AvgIpc) is 3.10. The number of carboxylic acids is 1. The number of ether oxygens (including phenoxy) is 1. The number of aliphatic carboxylic acids is 1. The van der Waals surface area contributed by atoms with Crippen LogP contribution in [0.1, 0.15) is 43.7 Å². The Hall–Kier alpha value is -3.49. The zero-order valence-electron chi connectivity index (χ0n) is 19.0. The van der Waals surface area contributed by atoms with E-state index in [1.807, 2.05) is 48.5 Å². The molecule has 0 fully saturated rings. The van der Waals surface area contributed by atoms with Crippen LogP contribution < -0.4 is 10.6 Å². The number of rotatable bonds is 10. The maximum Gasteiger partial charge on any atom is 0.407 e. The summed E-state index contributed by atoms with van der Waals surface area (Å²) in [5.74, 6) is -2.56. The van der Waals surface area contributed by atoms with Gasteiger partial charge in [0.25, 0.3) is 0 Å². The number of amides is 2. The molecule has 0 heterocycles. The quantitative estimate of drug-likeness (QED) is 0.480. The number of hydrogen-bond acceptors (Lipinski definition) is 4. The molecule has 0 aromatic heterocycles. The number of carbonyl (C=O) groups excluding carboxylic acids is 2. The molecular formula is C25H28F2N2O5. The minimum Gasteiger partial charge on any atom is -0.480 e. The van der Waals surface area contributed by atoms with Crippen molar-refractivity contribution in [3.63, 3.8) is 0 Å². The molecule has 2 aromatic rings. The molecule has 0 aliphatic heterocycles. The summed E-state index contributed by atoms with van der Waals surface area (Å²) < 4.78 is 31.5. The van der Waals surface area contributed by atoms with E-state index in [1.165, 1.54) is 0 Å². The molecule has 1 aliphatic rings. The summed E-state index contributed by atoms with van der Waals surface area (Å²) in [4.78, 5) is 36.4. The lowest BCUT2D eigenvalue weighted by Gasteiger charge is -2.22. The fourth-order valence-corrected chi connectivity index (χ4v) is 4.16. The van der Waals surface area contributed by atoms with Gasteiger partial charge in [0.15, 0.2) is 0 Å². The zero-order chi connectivity index (χ0) is 24.8. The summed E-state index contributed by atoms with van der Waals surface area (Å²) >= 11 is 0. The van der Waals surface area contributed by atoms with Gasteiger partial charge in [-0.05, 0) is 34.6 Å². The number of fused-ring (bicyclic) bond motifs is 3. The number of halogens is 2. The molecule has 2 aromatic carbocycles. The van der Waals surface area contributed by atoms with Crippen LogP contribution in [0.2, 0.25) is 0 Å². The fourth-order valence-electron chi connectivity index (χ4n) is 4.16. The molecule has 3 rings (SSSR count). The number of nitrogens with one attached hydrogen (secondary N) is 2. The van der Waals surface area contributed by atoms with Gasteiger partial charge in [-0.1, -0.05) is 62.4 Å². The molecule has 0 bridgehead atoms. The molecule has 0 saturated heterocycles. The minimum absolute atomic E-state index is 0.0476. The Kier molecular flexibility index (Phi) is 8.20. The largest absolute Gasteiger partial charge is 0.480 e. The first-order chi connectivity index (χ1) is 16.2. The summed E-state index contributed by atoms with van der Waals surface area (Å²) in [6.45, 7) is 3.50. The van der Waals surface area contributed by atoms with E-state index in [0.717, 1.165) is 22.3 Å². The van der Waals surface area contributed by atoms with Crippen LogP contribution in [0.4, 0.5) is 13.6 Å². The van der Waals surface area contributed by atoms with Crippen molar-refractivity contribution in [2.24, 2.45) is 5.92 Å². The highest BCUT2D eigenvalue weighted by Crippen LogP contribution is 2.44. The van der Waals surface area contributed by atoms with Gasteiger partial charge in [0.1, 0.15) is 18.7 Å². The molecule has 9 heteroatoms. The second kappa shape index (κ2) is 11.1. The van der Waals surface area contributed by atoms with Gasteiger partial charge in [0.2, 0.25) is 12.3 Å². The molecular weight excluding hydrogens is 446 g/mol. The Morgan fingerprint density at radius 1 is 0.912 bits per heavy atom. The molecule has 7 nitrogen and oxygen atoms in total. The Balaban J connectivity index is 1.66. The number of alkyl carbamates (subject to hydrolysis) is 1. The van der Waals surface area contributed by atoms with Crippen LogP contribution in [0.25, 0.3) is 11.1 Å². The third-order valence-electron chi connectivity index (χ3n) is 5.69. The molecule has 0 radical (unpaired) electrons. The van der Waals surface area contributed by atoms with Crippen LogP contribution in [0.15, 0.2) is 48.5 Å². The summed E-state index contributed by atoms with van der Waals surface area (Å²) in [6.07, 6.45) is -4.77. The lowest BCUT2D eigenvalue weighted by molar-refractivity contribution is -0.142. The van der Waals surface area contributed by atoms with Gasteiger partial charge in [-0.2, -0.15) is 0 Å². The predicted octanol–water partition coefficient (Wildman–Crippen LogP) is 4.16. The van der Waals surface area contributed by atoms with Gasteiger partial charge in [0, 0.05) is 12.3 Å². The zero-order valence-corrected chi connectivity index (χ0v) is 19.0. The lowest BCUT2D eigenvalue weighted by Crippen LogP contribution is -2.52. The fraction of sp³-hybridized carbons (Fsp3) is 0.400. The SMILES string of the molecule is CC(C)C[C@H](NC(=O)C(CC(F)F)NC(=O)OCC1c2ccccc2-c2ccccc21)C(=O)O. The summed E-state index contributed by atoms with van der Waals surface area (Å²) in [6, 6.07) is 12.6. The van der Waals surface area contributed by atoms with Gasteiger partial charge < -0.3 is 20.5 Å². The minimum atomic E-state index is -2.89. The standard InChI is InChI=1S/C25H28F2N2O5/c1-14(2)11-21(24(31)32)28-23(30)20(12-22(26)27)29-25(33)34-13-19-17-9-5-3-7-15(17)16-8-4-6-10-18(16)19/h3-10,14,19-22H,11-13H2,1-2H3,(H,28,30)(H,29,33)(H,31,32)/t20?,21-/m0/s1. The van der Waals surface area contributed by atoms with Crippen molar-refractivity contribution in [2.75, 3.05) is 6.61 Å². The van der Waals surface area contributed by atoms with Crippen LogP contribution >= 0.6 is 0 Å². The van der Waals surface area contributed by atoms with Crippen LogP contribution in [-0.4, -0.2) is 48.2 Å². The van der Waals surface area contributed by atoms with Crippen molar-refractivity contribution in [3.8, 4) is 11.1 Å². The second-order valence-corrected chi connectivity index (χ2v) is 8.68. The van der Waals surface area contributed by atoms with E-state index in [1.54, 1.807) is 13.8 Å². The molecule has 1 aliphatic carbocycles. The molecule has 0 saturated carbocycles. The molecule has 0 spiro atoms. The van der Waals surface area contributed by atoms with E-state index in [-0.39, 0.29) is 24.9 Å². The Morgan fingerprint density at radius 3 is 1.97 bits per heavy atom. The lowest BCUT2D eigenvalue weighted by atomic mass is 9.98.